The van der Waals surface area contributed by atoms with Crippen molar-refractivity contribution in [2.75, 3.05) is 0 Å². The second kappa shape index (κ2) is 2.31. The van der Waals surface area contributed by atoms with Crippen LogP contribution in [0.15, 0.2) is 18.6 Å². The van der Waals surface area contributed by atoms with Crippen LogP contribution in [-0.2, 0) is 0 Å². The maximum Gasteiger partial charge on any atom is 0.160 e. The average molecular weight is 173 g/mol. The molecular weight excluding hydrogens is 162 g/mol. The smallest absolute Gasteiger partial charge is 0.160 e. The minimum Gasteiger partial charge on any atom is -0.312 e. The third kappa shape index (κ3) is 1.03. The molecular formula is C10H11N3. The summed E-state index contributed by atoms with van der Waals surface area (Å²) in [7, 11) is 0. The van der Waals surface area contributed by atoms with Crippen LogP contribution in [0.3, 0.4) is 0 Å². The molecule has 0 aliphatic heterocycles. The van der Waals surface area contributed by atoms with Crippen molar-refractivity contribution in [3.8, 4) is 0 Å². The number of hydrogen-bond acceptors (Lipinski definition) is 2. The Labute approximate surface area is 76.4 Å². The van der Waals surface area contributed by atoms with Crippen molar-refractivity contribution < 1.29 is 0 Å². The van der Waals surface area contributed by atoms with E-state index in [9.17, 15) is 0 Å². The SMILES string of the molecule is Cc1cnc2c(c1)ncn2C1CC1. The largest absolute Gasteiger partial charge is 0.312 e. The standard InChI is InChI=1S/C10H11N3/c1-7-4-9-10(11-5-7)13(6-12-9)8-2-3-8/h4-6,8H,2-3H2,1H3. The minimum absolute atomic E-state index is 0.667. The zero-order chi connectivity index (χ0) is 8.84. The number of aryl methyl sites for hydroxylation is 1. The monoisotopic (exact) mass is 173 g/mol. The van der Waals surface area contributed by atoms with Gasteiger partial charge in [-0.1, -0.05) is 0 Å². The summed E-state index contributed by atoms with van der Waals surface area (Å²) in [5.74, 6) is 0. The van der Waals surface area contributed by atoms with Crippen LogP contribution in [-0.4, -0.2) is 14.5 Å². The lowest BCUT2D eigenvalue weighted by Crippen LogP contribution is -1.92. The first-order valence-corrected chi connectivity index (χ1v) is 4.64. The first-order valence-electron chi connectivity index (χ1n) is 4.64. The molecule has 0 atom stereocenters. The molecule has 1 fully saturated rings. The van der Waals surface area contributed by atoms with Crippen molar-refractivity contribution in [1.29, 1.82) is 0 Å². The summed E-state index contributed by atoms with van der Waals surface area (Å²) < 4.78 is 2.19. The predicted molar refractivity (Wildman–Crippen MR) is 50.5 cm³/mol. The molecule has 1 aliphatic carbocycles. The summed E-state index contributed by atoms with van der Waals surface area (Å²) >= 11 is 0. The van der Waals surface area contributed by atoms with Gasteiger partial charge in [0.1, 0.15) is 5.52 Å². The van der Waals surface area contributed by atoms with Crippen molar-refractivity contribution in [2.24, 2.45) is 0 Å². The molecule has 0 aromatic carbocycles. The normalized spacial score (nSPS) is 16.7. The van der Waals surface area contributed by atoms with E-state index in [1.54, 1.807) is 0 Å². The highest BCUT2D eigenvalue weighted by molar-refractivity contribution is 5.71. The maximum absolute atomic E-state index is 4.40. The Morgan fingerprint density at radius 3 is 3.00 bits per heavy atom. The molecule has 0 amide bonds. The van der Waals surface area contributed by atoms with Crippen LogP contribution < -0.4 is 0 Å². The van der Waals surface area contributed by atoms with Gasteiger partial charge in [-0.05, 0) is 31.4 Å². The summed E-state index contributed by atoms with van der Waals surface area (Å²) in [6.45, 7) is 2.04. The van der Waals surface area contributed by atoms with Gasteiger partial charge in [0.15, 0.2) is 5.65 Å². The van der Waals surface area contributed by atoms with Crippen LogP contribution in [0.5, 0.6) is 0 Å². The second-order valence-corrected chi connectivity index (χ2v) is 3.74. The number of pyridine rings is 1. The molecule has 0 N–H and O–H groups in total. The third-order valence-corrected chi connectivity index (χ3v) is 2.49. The summed E-state index contributed by atoms with van der Waals surface area (Å²) in [6, 6.07) is 2.75. The molecule has 3 nitrogen and oxygen atoms in total. The average Bonchev–Trinajstić information content (AvgIpc) is 2.87. The highest BCUT2D eigenvalue weighted by Crippen LogP contribution is 2.36. The van der Waals surface area contributed by atoms with Crippen molar-refractivity contribution in [2.45, 2.75) is 25.8 Å². The highest BCUT2D eigenvalue weighted by Gasteiger charge is 2.25. The lowest BCUT2D eigenvalue weighted by molar-refractivity contribution is 0.757. The van der Waals surface area contributed by atoms with Crippen molar-refractivity contribution in [3.63, 3.8) is 0 Å². The highest BCUT2D eigenvalue weighted by atomic mass is 15.1. The summed E-state index contributed by atoms with van der Waals surface area (Å²) in [4.78, 5) is 8.74. The molecule has 2 heterocycles. The molecule has 3 heteroatoms. The molecule has 1 saturated carbocycles. The molecule has 66 valence electrons. The van der Waals surface area contributed by atoms with Gasteiger partial charge in [0, 0.05) is 12.2 Å². The molecule has 3 rings (SSSR count). The van der Waals surface area contributed by atoms with Gasteiger partial charge >= 0.3 is 0 Å². The first kappa shape index (κ1) is 7.06. The van der Waals surface area contributed by atoms with Gasteiger partial charge in [-0.3, -0.25) is 0 Å². The second-order valence-electron chi connectivity index (χ2n) is 3.74. The fourth-order valence-electron chi connectivity index (χ4n) is 1.64. The van der Waals surface area contributed by atoms with Gasteiger partial charge in [-0.25, -0.2) is 9.97 Å². The number of hydrogen-bond donors (Lipinski definition) is 0. The molecule has 2 aromatic rings. The van der Waals surface area contributed by atoms with E-state index in [-0.39, 0.29) is 0 Å². The van der Waals surface area contributed by atoms with Gasteiger partial charge in [0.2, 0.25) is 0 Å². The molecule has 1 aliphatic rings. The van der Waals surface area contributed by atoms with Crippen LogP contribution in [0.1, 0.15) is 24.4 Å². The number of rotatable bonds is 1. The molecule has 0 spiro atoms. The van der Waals surface area contributed by atoms with E-state index in [2.05, 4.69) is 20.6 Å². The van der Waals surface area contributed by atoms with Crippen LogP contribution in [0.4, 0.5) is 0 Å². The molecule has 13 heavy (non-hydrogen) atoms. The Morgan fingerprint density at radius 2 is 2.23 bits per heavy atom. The van der Waals surface area contributed by atoms with E-state index in [1.165, 1.54) is 18.4 Å². The number of imidazole rings is 1. The Hall–Kier alpha value is -1.38. The van der Waals surface area contributed by atoms with Crippen molar-refractivity contribution >= 4 is 11.2 Å². The Bertz CT molecular complexity index is 454. The lowest BCUT2D eigenvalue weighted by Gasteiger charge is -1.98. The van der Waals surface area contributed by atoms with Crippen LogP contribution in [0.25, 0.3) is 11.2 Å². The summed E-state index contributed by atoms with van der Waals surface area (Å²) in [5, 5.41) is 0. The van der Waals surface area contributed by atoms with Crippen molar-refractivity contribution in [3.05, 3.63) is 24.2 Å². The van der Waals surface area contributed by atoms with Gasteiger partial charge in [0.05, 0.1) is 6.33 Å². The third-order valence-electron chi connectivity index (χ3n) is 2.49. The van der Waals surface area contributed by atoms with E-state index < -0.39 is 0 Å². The van der Waals surface area contributed by atoms with E-state index in [0.717, 1.165) is 11.2 Å². The predicted octanol–water partition coefficient (Wildman–Crippen LogP) is 2.07. The molecule has 2 aromatic heterocycles. The van der Waals surface area contributed by atoms with Crippen LogP contribution >= 0.6 is 0 Å². The minimum atomic E-state index is 0.667. The van der Waals surface area contributed by atoms with E-state index in [1.807, 2.05) is 19.4 Å². The summed E-state index contributed by atoms with van der Waals surface area (Å²) in [5.41, 5.74) is 3.23. The van der Waals surface area contributed by atoms with Gasteiger partial charge < -0.3 is 4.57 Å². The van der Waals surface area contributed by atoms with E-state index >= 15 is 0 Å². The van der Waals surface area contributed by atoms with Gasteiger partial charge in [0.25, 0.3) is 0 Å². The number of fused-ring (bicyclic) bond motifs is 1. The molecule has 0 saturated heterocycles. The zero-order valence-corrected chi connectivity index (χ0v) is 7.57. The van der Waals surface area contributed by atoms with Crippen molar-refractivity contribution in [1.82, 2.24) is 14.5 Å². The fraction of sp³-hybridized carbons (Fsp3) is 0.400. The topological polar surface area (TPSA) is 30.7 Å². The number of nitrogens with zero attached hydrogens (tertiary/aromatic N) is 3. The maximum atomic E-state index is 4.40. The Kier molecular flexibility index (Phi) is 1.26. The van der Waals surface area contributed by atoms with Crippen LogP contribution in [0, 0.1) is 6.92 Å². The van der Waals surface area contributed by atoms with E-state index in [0.29, 0.717) is 6.04 Å². The van der Waals surface area contributed by atoms with Gasteiger partial charge in [-0.2, -0.15) is 0 Å². The fourth-order valence-corrected chi connectivity index (χ4v) is 1.64. The lowest BCUT2D eigenvalue weighted by atomic mass is 10.3. The number of aromatic nitrogens is 3. The Balaban J connectivity index is 2.26. The summed E-state index contributed by atoms with van der Waals surface area (Å²) in [6.07, 6.45) is 6.37. The van der Waals surface area contributed by atoms with E-state index in [4.69, 9.17) is 0 Å². The molecule has 0 radical (unpaired) electrons. The van der Waals surface area contributed by atoms with Gasteiger partial charge in [-0.15, -0.1) is 0 Å². The molecule has 0 unspecified atom stereocenters. The quantitative estimate of drug-likeness (QED) is 0.661. The molecule has 0 bridgehead atoms. The Morgan fingerprint density at radius 1 is 1.38 bits per heavy atom. The first-order chi connectivity index (χ1) is 6.34. The zero-order valence-electron chi connectivity index (χ0n) is 7.57. The van der Waals surface area contributed by atoms with Crippen LogP contribution in [0.2, 0.25) is 0 Å².